The average molecular weight is 237 g/mol. The smallest absolute Gasteiger partial charge is 0.238 e. The number of likely N-dealkylation sites (N-methyl/N-ethyl adjacent to an activating group) is 1. The van der Waals surface area contributed by atoms with E-state index in [9.17, 15) is 4.79 Å². The third-order valence-corrected chi connectivity index (χ3v) is 3.04. The van der Waals surface area contributed by atoms with Gasteiger partial charge in [-0.15, -0.1) is 0 Å². The average Bonchev–Trinajstić information content (AvgIpc) is 2.74. The van der Waals surface area contributed by atoms with Crippen LogP contribution in [0.25, 0.3) is 0 Å². The molecule has 1 aliphatic heterocycles. The van der Waals surface area contributed by atoms with Gasteiger partial charge >= 0.3 is 0 Å². The number of nitrogens with zero attached hydrogens (tertiary/aromatic N) is 3. The number of carbonyl (C=O) groups is 1. The Bertz CT molecular complexity index is 389. The highest BCUT2D eigenvalue weighted by molar-refractivity contribution is 5.81. The van der Waals surface area contributed by atoms with Crippen LogP contribution in [0, 0.1) is 0 Å². The molecule has 0 spiro atoms. The molecule has 0 aliphatic carbocycles. The van der Waals surface area contributed by atoms with Crippen molar-refractivity contribution in [2.24, 2.45) is 7.05 Å². The van der Waals surface area contributed by atoms with E-state index in [-0.39, 0.29) is 11.9 Å². The second-order valence-corrected chi connectivity index (χ2v) is 4.29. The molecule has 6 heteroatoms. The van der Waals surface area contributed by atoms with Crippen molar-refractivity contribution in [3.63, 3.8) is 0 Å². The van der Waals surface area contributed by atoms with Gasteiger partial charge in [0.05, 0.1) is 5.69 Å². The van der Waals surface area contributed by atoms with Gasteiger partial charge in [0.25, 0.3) is 0 Å². The molecule has 2 heterocycles. The van der Waals surface area contributed by atoms with Crippen LogP contribution in [-0.2, 0) is 18.4 Å². The van der Waals surface area contributed by atoms with Gasteiger partial charge in [-0.25, -0.2) is 0 Å². The van der Waals surface area contributed by atoms with Crippen LogP contribution in [0.4, 0.5) is 0 Å². The van der Waals surface area contributed by atoms with E-state index >= 15 is 0 Å². The summed E-state index contributed by atoms with van der Waals surface area (Å²) in [6, 6.07) is 1.89. The van der Waals surface area contributed by atoms with Crippen molar-refractivity contribution in [1.82, 2.24) is 25.3 Å². The lowest BCUT2D eigenvalue weighted by molar-refractivity contribution is -0.126. The fourth-order valence-corrected chi connectivity index (χ4v) is 2.12. The lowest BCUT2D eigenvalue weighted by Gasteiger charge is -2.34. The van der Waals surface area contributed by atoms with E-state index in [1.165, 1.54) is 0 Å². The molecule has 0 aromatic carbocycles. The second-order valence-electron chi connectivity index (χ2n) is 4.29. The topological polar surface area (TPSA) is 62.2 Å². The van der Waals surface area contributed by atoms with Gasteiger partial charge < -0.3 is 10.6 Å². The molecule has 1 saturated heterocycles. The minimum atomic E-state index is -0.101. The maximum absolute atomic E-state index is 11.8. The Morgan fingerprint density at radius 3 is 3.18 bits per heavy atom. The maximum atomic E-state index is 11.8. The number of rotatable bonds is 3. The number of piperazine rings is 1. The van der Waals surface area contributed by atoms with E-state index in [4.69, 9.17) is 0 Å². The summed E-state index contributed by atoms with van der Waals surface area (Å²) in [5.41, 5.74) is 1.00. The zero-order chi connectivity index (χ0) is 12.3. The van der Waals surface area contributed by atoms with Crippen molar-refractivity contribution >= 4 is 5.91 Å². The van der Waals surface area contributed by atoms with Crippen molar-refractivity contribution in [2.45, 2.75) is 12.6 Å². The Morgan fingerprint density at radius 1 is 1.71 bits per heavy atom. The van der Waals surface area contributed by atoms with E-state index in [0.717, 1.165) is 25.3 Å². The molecule has 0 radical (unpaired) electrons. The van der Waals surface area contributed by atoms with Crippen LogP contribution in [0.5, 0.6) is 0 Å². The van der Waals surface area contributed by atoms with Crippen molar-refractivity contribution in [3.05, 3.63) is 18.0 Å². The molecule has 2 rings (SSSR count). The minimum absolute atomic E-state index is 0.0631. The van der Waals surface area contributed by atoms with Crippen molar-refractivity contribution in [2.75, 3.05) is 26.7 Å². The number of carbonyl (C=O) groups excluding carboxylic acids is 1. The predicted molar refractivity (Wildman–Crippen MR) is 64.3 cm³/mol. The fourth-order valence-electron chi connectivity index (χ4n) is 2.12. The Morgan fingerprint density at radius 2 is 2.53 bits per heavy atom. The molecule has 1 aliphatic rings. The molecule has 1 fully saturated rings. The van der Waals surface area contributed by atoms with E-state index in [0.29, 0.717) is 6.54 Å². The molecular formula is C11H19N5O. The molecule has 1 atom stereocenters. The molecule has 6 nitrogen and oxygen atoms in total. The van der Waals surface area contributed by atoms with E-state index < -0.39 is 0 Å². The van der Waals surface area contributed by atoms with Gasteiger partial charge in [0.2, 0.25) is 5.91 Å². The van der Waals surface area contributed by atoms with Crippen LogP contribution in [0.2, 0.25) is 0 Å². The Hall–Kier alpha value is -1.40. The van der Waals surface area contributed by atoms with Crippen molar-refractivity contribution < 1.29 is 4.79 Å². The van der Waals surface area contributed by atoms with E-state index in [2.05, 4.69) is 20.6 Å². The first kappa shape index (κ1) is 12.1. The summed E-state index contributed by atoms with van der Waals surface area (Å²) in [5, 5.41) is 10.3. The molecule has 1 unspecified atom stereocenters. The molecule has 1 aromatic rings. The number of aromatic nitrogens is 2. The van der Waals surface area contributed by atoms with Crippen LogP contribution in [0.3, 0.4) is 0 Å². The first-order valence-electron chi connectivity index (χ1n) is 5.85. The van der Waals surface area contributed by atoms with Gasteiger partial charge in [-0.2, -0.15) is 5.10 Å². The first-order valence-corrected chi connectivity index (χ1v) is 5.85. The van der Waals surface area contributed by atoms with Gasteiger partial charge in [-0.1, -0.05) is 0 Å². The Kier molecular flexibility index (Phi) is 3.75. The van der Waals surface area contributed by atoms with Gasteiger partial charge in [-0.3, -0.25) is 14.4 Å². The van der Waals surface area contributed by atoms with Gasteiger partial charge in [0.15, 0.2) is 0 Å². The quantitative estimate of drug-likeness (QED) is 0.703. The second kappa shape index (κ2) is 5.29. The predicted octanol–water partition coefficient (Wildman–Crippen LogP) is -1.06. The molecule has 2 N–H and O–H groups in total. The maximum Gasteiger partial charge on any atom is 0.238 e. The largest absolute Gasteiger partial charge is 0.358 e. The van der Waals surface area contributed by atoms with Crippen LogP contribution < -0.4 is 10.6 Å². The molecule has 17 heavy (non-hydrogen) atoms. The van der Waals surface area contributed by atoms with Gasteiger partial charge in [-0.05, 0) is 6.07 Å². The van der Waals surface area contributed by atoms with E-state index in [1.54, 1.807) is 11.7 Å². The number of hydrogen-bond acceptors (Lipinski definition) is 4. The third-order valence-electron chi connectivity index (χ3n) is 3.04. The highest BCUT2D eigenvalue weighted by Gasteiger charge is 2.28. The number of hydrogen-bond donors (Lipinski definition) is 2. The van der Waals surface area contributed by atoms with Crippen LogP contribution >= 0.6 is 0 Å². The fraction of sp³-hybridized carbons (Fsp3) is 0.636. The first-order chi connectivity index (χ1) is 8.20. The number of aryl methyl sites for hydroxylation is 1. The summed E-state index contributed by atoms with van der Waals surface area (Å²) in [5.74, 6) is 0.0631. The van der Waals surface area contributed by atoms with Crippen LogP contribution in [0.15, 0.2) is 12.3 Å². The zero-order valence-corrected chi connectivity index (χ0v) is 10.3. The lowest BCUT2D eigenvalue weighted by Crippen LogP contribution is -2.56. The van der Waals surface area contributed by atoms with E-state index in [1.807, 2.05) is 19.3 Å². The molecular weight excluding hydrogens is 218 g/mol. The normalized spacial score (nSPS) is 21.4. The monoisotopic (exact) mass is 237 g/mol. The molecule has 0 bridgehead atoms. The lowest BCUT2D eigenvalue weighted by atomic mass is 10.1. The zero-order valence-electron chi connectivity index (χ0n) is 10.3. The molecule has 0 saturated carbocycles. The summed E-state index contributed by atoms with van der Waals surface area (Å²) in [6.45, 7) is 3.21. The molecule has 1 aromatic heterocycles. The summed E-state index contributed by atoms with van der Waals surface area (Å²) in [7, 11) is 3.58. The Labute approximate surface area is 101 Å². The Balaban J connectivity index is 2.03. The highest BCUT2D eigenvalue weighted by atomic mass is 16.2. The number of nitrogens with one attached hydrogen (secondary N) is 2. The van der Waals surface area contributed by atoms with Gasteiger partial charge in [0.1, 0.15) is 6.04 Å². The SMILES string of the molecule is CNC(=O)C1CNCCN1Cc1ccn(C)n1. The van der Waals surface area contributed by atoms with Gasteiger partial charge in [0, 0.05) is 46.5 Å². The van der Waals surface area contributed by atoms with Crippen LogP contribution in [-0.4, -0.2) is 53.3 Å². The molecule has 94 valence electrons. The summed E-state index contributed by atoms with van der Waals surface area (Å²) >= 11 is 0. The molecule has 1 amide bonds. The minimum Gasteiger partial charge on any atom is -0.358 e. The third kappa shape index (κ3) is 2.83. The number of amides is 1. The summed E-state index contributed by atoms with van der Waals surface area (Å²) in [4.78, 5) is 13.9. The summed E-state index contributed by atoms with van der Waals surface area (Å²) < 4.78 is 1.78. The van der Waals surface area contributed by atoms with Crippen molar-refractivity contribution in [3.8, 4) is 0 Å². The van der Waals surface area contributed by atoms with Crippen molar-refractivity contribution in [1.29, 1.82) is 0 Å². The summed E-state index contributed by atoms with van der Waals surface area (Å²) in [6.07, 6.45) is 1.92. The standard InChI is InChI=1S/C11H19N5O/c1-12-11(17)10-7-13-4-6-16(10)8-9-3-5-15(2)14-9/h3,5,10,13H,4,6-8H2,1-2H3,(H,12,17). The van der Waals surface area contributed by atoms with Crippen LogP contribution in [0.1, 0.15) is 5.69 Å². The highest BCUT2D eigenvalue weighted by Crippen LogP contribution is 2.08.